The van der Waals surface area contributed by atoms with Crippen LogP contribution in [0.1, 0.15) is 10.4 Å². The number of hydrogen-bond acceptors (Lipinski definition) is 3. The molecule has 0 radical (unpaired) electrons. The minimum atomic E-state index is -0.424. The average molecular weight is 232 g/mol. The Bertz CT molecular complexity index is 631. The molecular formula is C12H12N2O3. The summed E-state index contributed by atoms with van der Waals surface area (Å²) >= 11 is 0. The highest BCUT2D eigenvalue weighted by molar-refractivity contribution is 5.97. The Balaban J connectivity index is 2.85. The number of rotatable bonds is 2. The van der Waals surface area contributed by atoms with E-state index in [0.29, 0.717) is 10.9 Å². The molecule has 1 heterocycles. The van der Waals surface area contributed by atoms with Gasteiger partial charge >= 0.3 is 0 Å². The van der Waals surface area contributed by atoms with Crippen LogP contribution in [-0.2, 0) is 0 Å². The Labute approximate surface area is 97.6 Å². The van der Waals surface area contributed by atoms with Gasteiger partial charge in [0, 0.05) is 12.4 Å². The molecular weight excluding hydrogens is 220 g/mol. The van der Waals surface area contributed by atoms with Crippen LogP contribution in [0, 0.1) is 0 Å². The van der Waals surface area contributed by atoms with E-state index in [1.807, 2.05) is 0 Å². The second kappa shape index (κ2) is 4.29. The van der Waals surface area contributed by atoms with E-state index in [0.717, 1.165) is 0 Å². The van der Waals surface area contributed by atoms with E-state index in [1.165, 1.54) is 25.1 Å². The molecule has 5 nitrogen and oxygen atoms in total. The number of aromatic nitrogens is 1. The van der Waals surface area contributed by atoms with Gasteiger partial charge in [-0.05, 0) is 12.1 Å². The summed E-state index contributed by atoms with van der Waals surface area (Å²) in [5, 5.41) is 2.88. The number of benzene rings is 1. The van der Waals surface area contributed by atoms with Gasteiger partial charge in [0.2, 0.25) is 5.43 Å². The van der Waals surface area contributed by atoms with E-state index in [2.05, 4.69) is 5.32 Å². The first kappa shape index (κ1) is 11.2. The molecule has 0 aliphatic carbocycles. The maximum atomic E-state index is 12.1. The average Bonchev–Trinajstić information content (AvgIpc) is 2.39. The summed E-state index contributed by atoms with van der Waals surface area (Å²) in [6, 6.07) is 6.97. The number of carbonyl (C=O) groups is 1. The van der Waals surface area contributed by atoms with Crippen LogP contribution in [0.3, 0.4) is 0 Å². The van der Waals surface area contributed by atoms with E-state index >= 15 is 0 Å². The lowest BCUT2D eigenvalue weighted by molar-refractivity contribution is 0.0957. The minimum absolute atomic E-state index is 0.0630. The molecule has 0 unspecified atom stereocenters. The molecule has 2 aromatic rings. The van der Waals surface area contributed by atoms with E-state index in [4.69, 9.17) is 4.84 Å². The van der Waals surface area contributed by atoms with Gasteiger partial charge in [0.05, 0.1) is 11.7 Å². The van der Waals surface area contributed by atoms with Crippen molar-refractivity contribution in [3.63, 3.8) is 0 Å². The first-order valence-corrected chi connectivity index (χ1v) is 5.10. The van der Waals surface area contributed by atoms with Crippen molar-refractivity contribution in [3.8, 4) is 0 Å². The zero-order valence-corrected chi connectivity index (χ0v) is 9.56. The van der Waals surface area contributed by atoms with E-state index in [-0.39, 0.29) is 11.0 Å². The van der Waals surface area contributed by atoms with Gasteiger partial charge in [0.1, 0.15) is 12.7 Å². The molecule has 0 fully saturated rings. The van der Waals surface area contributed by atoms with Crippen molar-refractivity contribution in [2.45, 2.75) is 0 Å². The highest BCUT2D eigenvalue weighted by Gasteiger charge is 2.13. The molecule has 1 aromatic heterocycles. The molecule has 0 aliphatic rings. The SMILES string of the molecule is CNC(=O)c1cn(OC)c2ccccc2c1=O. The summed E-state index contributed by atoms with van der Waals surface area (Å²) in [6.45, 7) is 0. The van der Waals surface area contributed by atoms with Crippen LogP contribution in [0.4, 0.5) is 0 Å². The molecule has 88 valence electrons. The first-order chi connectivity index (χ1) is 8.19. The van der Waals surface area contributed by atoms with Gasteiger partial charge in [0.15, 0.2) is 0 Å². The smallest absolute Gasteiger partial charge is 0.256 e. The quantitative estimate of drug-likeness (QED) is 0.816. The topological polar surface area (TPSA) is 60.3 Å². The molecule has 1 amide bonds. The first-order valence-electron chi connectivity index (χ1n) is 5.10. The van der Waals surface area contributed by atoms with Gasteiger partial charge in [-0.1, -0.05) is 12.1 Å². The van der Waals surface area contributed by atoms with Gasteiger partial charge < -0.3 is 10.2 Å². The summed E-state index contributed by atoms with van der Waals surface area (Å²) in [5.41, 5.74) is 0.397. The number of nitrogens with zero attached hydrogens (tertiary/aromatic N) is 1. The number of para-hydroxylation sites is 1. The zero-order chi connectivity index (χ0) is 12.4. The highest BCUT2D eigenvalue weighted by Crippen LogP contribution is 2.10. The Kier molecular flexibility index (Phi) is 2.82. The molecule has 0 bridgehead atoms. The predicted molar refractivity (Wildman–Crippen MR) is 64.1 cm³/mol. The van der Waals surface area contributed by atoms with Crippen LogP contribution in [0.5, 0.6) is 0 Å². The second-order valence-electron chi connectivity index (χ2n) is 3.48. The molecule has 0 saturated heterocycles. The van der Waals surface area contributed by atoms with Crippen molar-refractivity contribution in [3.05, 3.63) is 46.2 Å². The summed E-state index contributed by atoms with van der Waals surface area (Å²) in [7, 11) is 2.96. The summed E-state index contributed by atoms with van der Waals surface area (Å²) < 4.78 is 1.40. The minimum Gasteiger partial charge on any atom is -0.417 e. The lowest BCUT2D eigenvalue weighted by atomic mass is 10.1. The number of carbonyl (C=O) groups excluding carboxylic acids is 1. The number of pyridine rings is 1. The van der Waals surface area contributed by atoms with Crippen LogP contribution < -0.4 is 15.6 Å². The Morgan fingerprint density at radius 2 is 2.06 bits per heavy atom. The number of hydrogen-bond donors (Lipinski definition) is 1. The molecule has 5 heteroatoms. The maximum absolute atomic E-state index is 12.1. The highest BCUT2D eigenvalue weighted by atomic mass is 16.6. The normalized spacial score (nSPS) is 10.2. The van der Waals surface area contributed by atoms with Crippen LogP contribution in [0.25, 0.3) is 10.9 Å². The Morgan fingerprint density at radius 3 is 2.71 bits per heavy atom. The molecule has 0 spiro atoms. The van der Waals surface area contributed by atoms with Crippen LogP contribution in [0.2, 0.25) is 0 Å². The van der Waals surface area contributed by atoms with E-state index in [1.54, 1.807) is 24.3 Å². The van der Waals surface area contributed by atoms with Crippen LogP contribution in [0.15, 0.2) is 35.3 Å². The lowest BCUT2D eigenvalue weighted by Crippen LogP contribution is -2.27. The van der Waals surface area contributed by atoms with Gasteiger partial charge in [-0.25, -0.2) is 0 Å². The van der Waals surface area contributed by atoms with E-state index < -0.39 is 5.91 Å². The maximum Gasteiger partial charge on any atom is 0.256 e. The van der Waals surface area contributed by atoms with Crippen molar-refractivity contribution in [1.29, 1.82) is 0 Å². The third-order valence-electron chi connectivity index (χ3n) is 2.55. The Morgan fingerprint density at radius 1 is 1.35 bits per heavy atom. The molecule has 0 aliphatic heterocycles. The fourth-order valence-corrected chi connectivity index (χ4v) is 1.70. The van der Waals surface area contributed by atoms with Gasteiger partial charge in [0.25, 0.3) is 5.91 Å². The van der Waals surface area contributed by atoms with Crippen molar-refractivity contribution < 1.29 is 9.63 Å². The van der Waals surface area contributed by atoms with Crippen LogP contribution in [-0.4, -0.2) is 24.8 Å². The number of fused-ring (bicyclic) bond motifs is 1. The summed E-state index contributed by atoms with van der Waals surface area (Å²) in [6.07, 6.45) is 1.39. The van der Waals surface area contributed by atoms with Crippen molar-refractivity contribution >= 4 is 16.8 Å². The molecule has 0 saturated carbocycles. The predicted octanol–water partition coefficient (Wildman–Crippen LogP) is 0.419. The molecule has 17 heavy (non-hydrogen) atoms. The van der Waals surface area contributed by atoms with Crippen molar-refractivity contribution in [2.24, 2.45) is 0 Å². The fraction of sp³-hybridized carbons (Fsp3) is 0.167. The monoisotopic (exact) mass is 232 g/mol. The van der Waals surface area contributed by atoms with Gasteiger partial charge in [-0.3, -0.25) is 9.59 Å². The zero-order valence-electron chi connectivity index (χ0n) is 9.56. The Hall–Kier alpha value is -2.30. The standard InChI is InChI=1S/C12H12N2O3/c1-13-12(16)9-7-14(17-2)10-6-4-3-5-8(10)11(9)15/h3-7H,1-2H3,(H,13,16). The molecule has 1 N–H and O–H groups in total. The van der Waals surface area contributed by atoms with Crippen molar-refractivity contribution in [2.75, 3.05) is 14.2 Å². The van der Waals surface area contributed by atoms with Gasteiger partial charge in [-0.15, -0.1) is 0 Å². The number of nitrogens with one attached hydrogen (secondary N) is 1. The second-order valence-corrected chi connectivity index (χ2v) is 3.48. The van der Waals surface area contributed by atoms with E-state index in [9.17, 15) is 9.59 Å². The molecule has 1 aromatic carbocycles. The number of amides is 1. The van der Waals surface area contributed by atoms with Gasteiger partial charge in [-0.2, -0.15) is 4.73 Å². The fourth-order valence-electron chi connectivity index (χ4n) is 1.70. The third kappa shape index (κ3) is 1.75. The summed E-state index contributed by atoms with van der Waals surface area (Å²) in [4.78, 5) is 28.7. The lowest BCUT2D eigenvalue weighted by Gasteiger charge is -2.10. The summed E-state index contributed by atoms with van der Waals surface area (Å²) in [5.74, 6) is -0.424. The molecule has 2 rings (SSSR count). The largest absolute Gasteiger partial charge is 0.417 e. The van der Waals surface area contributed by atoms with Crippen LogP contribution >= 0.6 is 0 Å². The molecule has 0 atom stereocenters. The van der Waals surface area contributed by atoms with Crippen molar-refractivity contribution in [1.82, 2.24) is 10.0 Å². The third-order valence-corrected chi connectivity index (χ3v) is 2.55.